The fourth-order valence-electron chi connectivity index (χ4n) is 2.70. The molecule has 1 amide bonds. The summed E-state index contributed by atoms with van der Waals surface area (Å²) in [5.74, 6) is 1.19. The molecule has 1 aromatic carbocycles. The summed E-state index contributed by atoms with van der Waals surface area (Å²) in [7, 11) is 1.62. The maximum absolute atomic E-state index is 12.7. The quantitative estimate of drug-likeness (QED) is 0.704. The second-order valence-corrected chi connectivity index (χ2v) is 5.89. The predicted octanol–water partition coefficient (Wildman–Crippen LogP) is 3.55. The average Bonchev–Trinajstić information content (AvgIpc) is 3.16. The van der Waals surface area contributed by atoms with Crippen molar-refractivity contribution in [3.63, 3.8) is 0 Å². The molecule has 0 fully saturated rings. The molecular formula is C20H21N3O3. The normalized spacial score (nSPS) is 11.8. The Bertz CT molecular complexity index is 844. The van der Waals surface area contributed by atoms with E-state index in [1.165, 1.54) is 0 Å². The number of aryl methyl sites for hydroxylation is 1. The Morgan fingerprint density at radius 2 is 1.85 bits per heavy atom. The summed E-state index contributed by atoms with van der Waals surface area (Å²) in [4.78, 5) is 16.7. The van der Waals surface area contributed by atoms with E-state index < -0.39 is 0 Å². The van der Waals surface area contributed by atoms with Gasteiger partial charge in [-0.2, -0.15) is 0 Å². The van der Waals surface area contributed by atoms with E-state index in [4.69, 9.17) is 9.26 Å². The Morgan fingerprint density at radius 3 is 2.50 bits per heavy atom. The number of hydrogen-bond acceptors (Lipinski definition) is 5. The van der Waals surface area contributed by atoms with E-state index in [1.54, 1.807) is 25.6 Å². The van der Waals surface area contributed by atoms with Gasteiger partial charge in [0.1, 0.15) is 11.5 Å². The van der Waals surface area contributed by atoms with Gasteiger partial charge in [-0.05, 0) is 41.8 Å². The Morgan fingerprint density at radius 1 is 1.15 bits per heavy atom. The lowest BCUT2D eigenvalue weighted by Gasteiger charge is -2.19. The monoisotopic (exact) mass is 351 g/mol. The molecule has 2 heterocycles. The zero-order valence-corrected chi connectivity index (χ0v) is 14.8. The summed E-state index contributed by atoms with van der Waals surface area (Å²) in [5.41, 5.74) is 2.14. The van der Waals surface area contributed by atoms with Crippen molar-refractivity contribution in [3.05, 3.63) is 77.4 Å². The van der Waals surface area contributed by atoms with Gasteiger partial charge in [0.2, 0.25) is 0 Å². The highest BCUT2D eigenvalue weighted by Gasteiger charge is 2.20. The van der Waals surface area contributed by atoms with E-state index >= 15 is 0 Å². The highest BCUT2D eigenvalue weighted by Crippen LogP contribution is 2.24. The fourth-order valence-corrected chi connectivity index (χ4v) is 2.70. The van der Waals surface area contributed by atoms with E-state index in [0.29, 0.717) is 5.76 Å². The molecule has 3 aromatic rings. The van der Waals surface area contributed by atoms with Crippen LogP contribution >= 0.6 is 0 Å². The Labute approximate surface area is 152 Å². The van der Waals surface area contributed by atoms with E-state index in [1.807, 2.05) is 43.3 Å². The molecule has 0 bridgehead atoms. The standard InChI is InChI=1S/C20H21N3O3/c1-3-4-17-13-18(23-26-17)20(24)22-19(15-9-11-21-12-10-15)14-5-7-16(25-2)8-6-14/h5-13,19H,3-4H2,1-2H3,(H,22,24)/t19-/m1/s1. The van der Waals surface area contributed by atoms with E-state index in [9.17, 15) is 4.79 Å². The van der Waals surface area contributed by atoms with Gasteiger partial charge in [-0.3, -0.25) is 9.78 Å². The van der Waals surface area contributed by atoms with Crippen molar-refractivity contribution in [3.8, 4) is 5.75 Å². The number of nitrogens with one attached hydrogen (secondary N) is 1. The number of carbonyl (C=O) groups is 1. The maximum atomic E-state index is 12.7. The van der Waals surface area contributed by atoms with Gasteiger partial charge >= 0.3 is 0 Å². The molecule has 1 N–H and O–H groups in total. The molecule has 0 aliphatic carbocycles. The highest BCUT2D eigenvalue weighted by molar-refractivity contribution is 5.92. The molecule has 0 saturated carbocycles. The van der Waals surface area contributed by atoms with Gasteiger partial charge in [-0.1, -0.05) is 24.2 Å². The topological polar surface area (TPSA) is 77.2 Å². The van der Waals surface area contributed by atoms with Crippen molar-refractivity contribution in [1.82, 2.24) is 15.5 Å². The lowest BCUT2D eigenvalue weighted by atomic mass is 9.99. The first-order valence-corrected chi connectivity index (χ1v) is 8.51. The number of rotatable bonds is 7. The number of methoxy groups -OCH3 is 1. The van der Waals surface area contributed by atoms with Crippen LogP contribution in [0.4, 0.5) is 0 Å². The minimum atomic E-state index is -0.331. The number of carbonyl (C=O) groups excluding carboxylic acids is 1. The molecule has 6 nitrogen and oxygen atoms in total. The summed E-state index contributed by atoms with van der Waals surface area (Å²) >= 11 is 0. The van der Waals surface area contributed by atoms with Crippen molar-refractivity contribution in [2.24, 2.45) is 0 Å². The molecular weight excluding hydrogens is 330 g/mol. The smallest absolute Gasteiger partial charge is 0.274 e. The fraction of sp³-hybridized carbons (Fsp3) is 0.250. The largest absolute Gasteiger partial charge is 0.497 e. The molecule has 1 atom stereocenters. The van der Waals surface area contributed by atoms with Gasteiger partial charge in [-0.15, -0.1) is 0 Å². The van der Waals surface area contributed by atoms with E-state index in [2.05, 4.69) is 15.5 Å². The number of hydrogen-bond donors (Lipinski definition) is 1. The third kappa shape index (κ3) is 4.08. The van der Waals surface area contributed by atoms with Gasteiger partial charge in [-0.25, -0.2) is 0 Å². The van der Waals surface area contributed by atoms with Crippen molar-refractivity contribution in [2.75, 3.05) is 7.11 Å². The molecule has 0 spiro atoms. The van der Waals surface area contributed by atoms with Crippen LogP contribution in [0.3, 0.4) is 0 Å². The first-order chi connectivity index (χ1) is 12.7. The molecule has 0 aliphatic rings. The number of aromatic nitrogens is 2. The zero-order valence-electron chi connectivity index (χ0n) is 14.8. The lowest BCUT2D eigenvalue weighted by molar-refractivity contribution is 0.0933. The van der Waals surface area contributed by atoms with Gasteiger partial charge in [0.25, 0.3) is 5.91 Å². The van der Waals surface area contributed by atoms with Gasteiger partial charge in [0.05, 0.1) is 13.2 Å². The Kier molecular flexibility index (Phi) is 5.63. The number of nitrogens with zero attached hydrogens (tertiary/aromatic N) is 2. The van der Waals surface area contributed by atoms with Crippen LogP contribution in [0, 0.1) is 0 Å². The minimum Gasteiger partial charge on any atom is -0.497 e. The molecule has 134 valence electrons. The summed E-state index contributed by atoms with van der Waals surface area (Å²) in [5, 5.41) is 6.91. The van der Waals surface area contributed by atoms with Crippen molar-refractivity contribution in [1.29, 1.82) is 0 Å². The average molecular weight is 351 g/mol. The van der Waals surface area contributed by atoms with Crippen LogP contribution in [0.15, 0.2) is 59.4 Å². The maximum Gasteiger partial charge on any atom is 0.274 e. The third-order valence-corrected chi connectivity index (χ3v) is 4.05. The van der Waals surface area contributed by atoms with Crippen LogP contribution in [-0.4, -0.2) is 23.2 Å². The molecule has 3 rings (SSSR count). The summed E-state index contributed by atoms with van der Waals surface area (Å²) in [6, 6.07) is 12.7. The number of ether oxygens (including phenoxy) is 1. The molecule has 0 saturated heterocycles. The van der Waals surface area contributed by atoms with Crippen LogP contribution in [0.25, 0.3) is 0 Å². The summed E-state index contributed by atoms with van der Waals surface area (Å²) in [6.07, 6.45) is 5.09. The Hall–Kier alpha value is -3.15. The number of benzene rings is 1. The third-order valence-electron chi connectivity index (χ3n) is 4.05. The molecule has 0 unspecified atom stereocenters. The van der Waals surface area contributed by atoms with Gasteiger partial charge < -0.3 is 14.6 Å². The number of pyridine rings is 1. The second-order valence-electron chi connectivity index (χ2n) is 5.89. The highest BCUT2D eigenvalue weighted by atomic mass is 16.5. The second kappa shape index (κ2) is 8.29. The first kappa shape index (κ1) is 17.7. The van der Waals surface area contributed by atoms with Crippen molar-refractivity contribution >= 4 is 5.91 Å². The summed E-state index contributed by atoms with van der Waals surface area (Å²) in [6.45, 7) is 2.05. The van der Waals surface area contributed by atoms with Crippen molar-refractivity contribution < 1.29 is 14.1 Å². The predicted molar refractivity (Wildman–Crippen MR) is 97.0 cm³/mol. The van der Waals surface area contributed by atoms with Crippen LogP contribution in [-0.2, 0) is 6.42 Å². The molecule has 2 aromatic heterocycles. The van der Waals surface area contributed by atoms with Crippen molar-refractivity contribution in [2.45, 2.75) is 25.8 Å². The lowest BCUT2D eigenvalue weighted by Crippen LogP contribution is -2.29. The SMILES string of the molecule is CCCc1cc(C(=O)N[C@@H](c2ccncc2)c2ccc(OC)cc2)no1. The van der Waals surface area contributed by atoms with Crippen LogP contribution in [0.2, 0.25) is 0 Å². The molecule has 0 radical (unpaired) electrons. The molecule has 0 aliphatic heterocycles. The van der Waals surface area contributed by atoms with Crippen LogP contribution in [0.5, 0.6) is 5.75 Å². The van der Waals surface area contributed by atoms with Crippen LogP contribution < -0.4 is 10.1 Å². The minimum absolute atomic E-state index is 0.279. The van der Waals surface area contributed by atoms with E-state index in [-0.39, 0.29) is 17.6 Å². The van der Waals surface area contributed by atoms with E-state index in [0.717, 1.165) is 29.7 Å². The summed E-state index contributed by atoms with van der Waals surface area (Å²) < 4.78 is 10.4. The van der Waals surface area contributed by atoms with Gasteiger partial charge in [0.15, 0.2) is 5.69 Å². The Balaban J connectivity index is 1.86. The zero-order chi connectivity index (χ0) is 18.4. The van der Waals surface area contributed by atoms with Gasteiger partial charge in [0, 0.05) is 24.9 Å². The first-order valence-electron chi connectivity index (χ1n) is 8.51. The number of amides is 1. The molecule has 26 heavy (non-hydrogen) atoms. The molecule has 6 heteroatoms. The van der Waals surface area contributed by atoms with Crippen LogP contribution in [0.1, 0.15) is 46.8 Å².